The van der Waals surface area contributed by atoms with E-state index in [-0.39, 0.29) is 12.2 Å². The van der Waals surface area contributed by atoms with Gasteiger partial charge in [-0.25, -0.2) is 4.39 Å². The summed E-state index contributed by atoms with van der Waals surface area (Å²) in [7, 11) is 1.53. The maximum Gasteiger partial charge on any atom is 0.129 e. The molecule has 1 rings (SSSR count). The Kier molecular flexibility index (Phi) is 4.10. The number of aliphatic hydroxyl groups is 1. The lowest BCUT2D eigenvalue weighted by Crippen LogP contribution is -1.91. The summed E-state index contributed by atoms with van der Waals surface area (Å²) in [6, 6.07) is 2.88. The molecule has 0 saturated carbocycles. The number of hydrogen-bond donors (Lipinski definition) is 1. The van der Waals surface area contributed by atoms with Crippen molar-refractivity contribution >= 4 is 22.0 Å². The van der Waals surface area contributed by atoms with Gasteiger partial charge >= 0.3 is 0 Å². The number of hydrogen-bond acceptors (Lipinski definition) is 2. The smallest absolute Gasteiger partial charge is 0.129 e. The second-order valence-corrected chi connectivity index (χ2v) is 3.52. The first-order valence-electron chi connectivity index (χ1n) is 3.97. The fourth-order valence-electron chi connectivity index (χ4n) is 1.00. The largest absolute Gasteiger partial charge is 0.504 e. The molecule has 0 heterocycles. The molecule has 0 radical (unpaired) electrons. The van der Waals surface area contributed by atoms with Crippen molar-refractivity contribution in [3.8, 4) is 0 Å². The highest BCUT2D eigenvalue weighted by Gasteiger charge is 2.05. The summed E-state index contributed by atoms with van der Waals surface area (Å²) < 4.78 is 18.5. The zero-order valence-electron chi connectivity index (χ0n) is 7.63. The third kappa shape index (κ3) is 2.56. The van der Waals surface area contributed by atoms with Gasteiger partial charge in [0.1, 0.15) is 5.82 Å². The Labute approximate surface area is 90.1 Å². The highest BCUT2D eigenvalue weighted by molar-refractivity contribution is 9.10. The molecule has 0 aromatic heterocycles. The lowest BCUT2D eigenvalue weighted by Gasteiger charge is -2.03. The molecule has 0 fully saturated rings. The minimum Gasteiger partial charge on any atom is -0.504 e. The van der Waals surface area contributed by atoms with Gasteiger partial charge in [-0.05, 0) is 23.8 Å². The Morgan fingerprint density at radius 3 is 2.86 bits per heavy atom. The Hall–Kier alpha value is -0.870. The summed E-state index contributed by atoms with van der Waals surface area (Å²) in [6.07, 6.45) is 3.17. The second kappa shape index (κ2) is 5.12. The normalized spacial score (nSPS) is 10.9. The van der Waals surface area contributed by atoms with Gasteiger partial charge in [0.2, 0.25) is 0 Å². The standard InChI is InChI=1S/C10H10BrFO2/c1-14-3-2-7-4-8(6-13)10(12)5-9(7)11/h2-5,13H,6H2,1H3. The molecule has 0 aliphatic rings. The van der Waals surface area contributed by atoms with Crippen LogP contribution >= 0.6 is 15.9 Å². The Morgan fingerprint density at radius 1 is 1.57 bits per heavy atom. The summed E-state index contributed by atoms with van der Waals surface area (Å²) in [6.45, 7) is -0.313. The molecule has 0 aliphatic carbocycles. The molecule has 0 atom stereocenters. The van der Waals surface area contributed by atoms with Crippen molar-refractivity contribution in [2.24, 2.45) is 0 Å². The van der Waals surface area contributed by atoms with E-state index in [1.165, 1.54) is 19.4 Å². The van der Waals surface area contributed by atoms with E-state index in [9.17, 15) is 4.39 Å². The zero-order valence-corrected chi connectivity index (χ0v) is 9.21. The van der Waals surface area contributed by atoms with Gasteiger partial charge in [-0.15, -0.1) is 0 Å². The fourth-order valence-corrected chi connectivity index (χ4v) is 1.45. The second-order valence-electron chi connectivity index (χ2n) is 2.66. The summed E-state index contributed by atoms with van der Waals surface area (Å²) in [5.41, 5.74) is 1.03. The number of benzene rings is 1. The predicted octanol–water partition coefficient (Wildman–Crippen LogP) is 2.70. The van der Waals surface area contributed by atoms with Crippen LogP contribution in [0.5, 0.6) is 0 Å². The van der Waals surface area contributed by atoms with E-state index in [1.807, 2.05) is 0 Å². The zero-order chi connectivity index (χ0) is 10.6. The van der Waals surface area contributed by atoms with Crippen molar-refractivity contribution in [3.05, 3.63) is 39.8 Å². The van der Waals surface area contributed by atoms with Gasteiger partial charge < -0.3 is 9.84 Å². The number of aliphatic hydroxyl groups excluding tert-OH is 1. The first kappa shape index (κ1) is 11.2. The van der Waals surface area contributed by atoms with Crippen molar-refractivity contribution in [2.45, 2.75) is 6.61 Å². The van der Waals surface area contributed by atoms with Crippen molar-refractivity contribution in [3.63, 3.8) is 0 Å². The van der Waals surface area contributed by atoms with Gasteiger partial charge in [0.15, 0.2) is 0 Å². The van der Waals surface area contributed by atoms with Gasteiger partial charge in [0.25, 0.3) is 0 Å². The lowest BCUT2D eigenvalue weighted by molar-refractivity contribution is 0.275. The van der Waals surface area contributed by atoms with Gasteiger partial charge in [-0.1, -0.05) is 15.9 Å². The van der Waals surface area contributed by atoms with Crippen LogP contribution in [0.25, 0.3) is 6.08 Å². The highest BCUT2D eigenvalue weighted by atomic mass is 79.9. The number of methoxy groups -OCH3 is 1. The molecular formula is C10H10BrFO2. The average molecular weight is 261 g/mol. The molecule has 0 unspecified atom stereocenters. The van der Waals surface area contributed by atoms with Crippen LogP contribution in [0.3, 0.4) is 0 Å². The van der Waals surface area contributed by atoms with E-state index in [1.54, 1.807) is 12.1 Å². The van der Waals surface area contributed by atoms with Gasteiger partial charge in [-0.3, -0.25) is 0 Å². The maximum absolute atomic E-state index is 13.1. The van der Waals surface area contributed by atoms with E-state index in [0.717, 1.165) is 5.56 Å². The number of rotatable bonds is 3. The Morgan fingerprint density at radius 2 is 2.29 bits per heavy atom. The number of halogens is 2. The van der Waals surface area contributed by atoms with Crippen LogP contribution < -0.4 is 0 Å². The van der Waals surface area contributed by atoms with Crippen molar-refractivity contribution in [2.75, 3.05) is 7.11 Å². The molecule has 0 amide bonds. The van der Waals surface area contributed by atoms with Crippen molar-refractivity contribution in [1.82, 2.24) is 0 Å². The van der Waals surface area contributed by atoms with E-state index in [4.69, 9.17) is 9.84 Å². The summed E-state index contributed by atoms with van der Waals surface area (Å²) in [5.74, 6) is -0.422. The van der Waals surface area contributed by atoms with Crippen LogP contribution in [0.4, 0.5) is 4.39 Å². The molecule has 1 aromatic rings. The first-order valence-corrected chi connectivity index (χ1v) is 4.76. The van der Waals surface area contributed by atoms with Crippen LogP contribution in [0.1, 0.15) is 11.1 Å². The minimum atomic E-state index is -0.422. The summed E-state index contributed by atoms with van der Waals surface area (Å²) in [5, 5.41) is 8.85. The van der Waals surface area contributed by atoms with E-state index < -0.39 is 5.82 Å². The summed E-state index contributed by atoms with van der Waals surface area (Å²) in [4.78, 5) is 0. The summed E-state index contributed by atoms with van der Waals surface area (Å²) >= 11 is 3.21. The van der Waals surface area contributed by atoms with E-state index in [2.05, 4.69) is 15.9 Å². The molecule has 0 spiro atoms. The lowest BCUT2D eigenvalue weighted by atomic mass is 10.1. The predicted molar refractivity (Wildman–Crippen MR) is 56.1 cm³/mol. The molecule has 76 valence electrons. The van der Waals surface area contributed by atoms with Gasteiger partial charge in [0, 0.05) is 10.0 Å². The van der Waals surface area contributed by atoms with Crippen LogP contribution in [-0.4, -0.2) is 12.2 Å². The molecule has 0 bridgehead atoms. The molecule has 0 saturated heterocycles. The van der Waals surface area contributed by atoms with E-state index >= 15 is 0 Å². The van der Waals surface area contributed by atoms with E-state index in [0.29, 0.717) is 4.47 Å². The molecule has 14 heavy (non-hydrogen) atoms. The maximum atomic E-state index is 13.1. The van der Waals surface area contributed by atoms with Gasteiger partial charge in [0.05, 0.1) is 20.0 Å². The molecule has 0 aliphatic heterocycles. The topological polar surface area (TPSA) is 29.5 Å². The average Bonchev–Trinajstić information content (AvgIpc) is 2.17. The quantitative estimate of drug-likeness (QED) is 0.847. The molecule has 2 nitrogen and oxygen atoms in total. The minimum absolute atomic E-state index is 0.268. The molecule has 1 N–H and O–H groups in total. The van der Waals surface area contributed by atoms with Crippen molar-refractivity contribution in [1.29, 1.82) is 0 Å². The van der Waals surface area contributed by atoms with Crippen LogP contribution in [-0.2, 0) is 11.3 Å². The highest BCUT2D eigenvalue weighted by Crippen LogP contribution is 2.22. The van der Waals surface area contributed by atoms with Crippen molar-refractivity contribution < 1.29 is 14.2 Å². The van der Waals surface area contributed by atoms with Gasteiger partial charge in [-0.2, -0.15) is 0 Å². The third-order valence-electron chi connectivity index (χ3n) is 1.72. The Balaban J connectivity index is 3.10. The fraction of sp³-hybridized carbons (Fsp3) is 0.200. The third-order valence-corrected chi connectivity index (χ3v) is 2.41. The van der Waals surface area contributed by atoms with Crippen LogP contribution in [0.2, 0.25) is 0 Å². The molecule has 1 aromatic carbocycles. The first-order chi connectivity index (χ1) is 6.69. The van der Waals surface area contributed by atoms with Crippen LogP contribution in [0, 0.1) is 5.82 Å². The monoisotopic (exact) mass is 260 g/mol. The molecular weight excluding hydrogens is 251 g/mol. The SMILES string of the molecule is COC=Cc1cc(CO)c(F)cc1Br. The number of ether oxygens (including phenoxy) is 1. The Bertz CT molecular complexity index is 350. The molecule has 4 heteroatoms. The van der Waals surface area contributed by atoms with Crippen LogP contribution in [0.15, 0.2) is 22.9 Å².